The molecule has 5 nitrogen and oxygen atoms in total. The highest BCUT2D eigenvalue weighted by atomic mass is 32.1. The van der Waals surface area contributed by atoms with Gasteiger partial charge in [-0.2, -0.15) is 0 Å². The van der Waals surface area contributed by atoms with Crippen molar-refractivity contribution >= 4 is 33.3 Å². The van der Waals surface area contributed by atoms with E-state index >= 15 is 0 Å². The van der Waals surface area contributed by atoms with E-state index in [9.17, 15) is 4.79 Å². The molecule has 0 saturated heterocycles. The van der Waals surface area contributed by atoms with Crippen LogP contribution in [0.1, 0.15) is 22.4 Å². The molecule has 0 radical (unpaired) electrons. The van der Waals surface area contributed by atoms with Gasteiger partial charge in [0.2, 0.25) is 0 Å². The van der Waals surface area contributed by atoms with E-state index < -0.39 is 5.97 Å². The molecular formula is C18H19N3O2S. The summed E-state index contributed by atoms with van der Waals surface area (Å²) in [5, 5.41) is 12.9. The summed E-state index contributed by atoms with van der Waals surface area (Å²) in [6.45, 7) is 6.62. The quantitative estimate of drug-likeness (QED) is 0.728. The second kappa shape index (κ2) is 6.57. The summed E-state index contributed by atoms with van der Waals surface area (Å²) < 4.78 is 0. The monoisotopic (exact) mass is 341 g/mol. The zero-order chi connectivity index (χ0) is 17.3. The Morgan fingerprint density at radius 3 is 2.71 bits per heavy atom. The number of carboxylic acid groups (broad SMARTS) is 1. The molecular weight excluding hydrogens is 322 g/mol. The lowest BCUT2D eigenvalue weighted by molar-refractivity contribution is -0.136. The summed E-state index contributed by atoms with van der Waals surface area (Å²) in [4.78, 5) is 21.5. The first-order valence-electron chi connectivity index (χ1n) is 7.74. The minimum atomic E-state index is -0.830. The molecule has 0 atom stereocenters. The Balaban J connectivity index is 2.11. The fourth-order valence-corrected chi connectivity index (χ4v) is 3.72. The number of thiophene rings is 1. The second-order valence-corrected chi connectivity index (χ2v) is 7.01. The number of aliphatic carboxylic acids is 1. The van der Waals surface area contributed by atoms with Gasteiger partial charge in [-0.05, 0) is 37.5 Å². The number of carboxylic acids is 1. The van der Waals surface area contributed by atoms with Crippen molar-refractivity contribution in [3.05, 3.63) is 40.5 Å². The molecule has 2 aromatic heterocycles. The van der Waals surface area contributed by atoms with E-state index in [1.807, 2.05) is 0 Å². The van der Waals surface area contributed by atoms with E-state index in [1.165, 1.54) is 22.3 Å². The molecule has 0 aliphatic heterocycles. The molecule has 1 aromatic carbocycles. The zero-order valence-electron chi connectivity index (χ0n) is 13.9. The van der Waals surface area contributed by atoms with Crippen molar-refractivity contribution < 1.29 is 9.90 Å². The Bertz CT molecular complexity index is 918. The van der Waals surface area contributed by atoms with Crippen molar-refractivity contribution in [2.24, 2.45) is 0 Å². The summed E-state index contributed by atoms with van der Waals surface area (Å²) in [6.07, 6.45) is 1.57. The Morgan fingerprint density at radius 2 is 2.00 bits per heavy atom. The largest absolute Gasteiger partial charge is 0.481 e. The normalized spacial score (nSPS) is 11.0. The molecule has 3 rings (SSSR count). The van der Waals surface area contributed by atoms with Gasteiger partial charge in [0, 0.05) is 17.0 Å². The summed E-state index contributed by atoms with van der Waals surface area (Å²) in [6, 6.07) is 6.41. The fraction of sp³-hybridized carbons (Fsp3) is 0.278. The van der Waals surface area contributed by atoms with Crippen LogP contribution in [0.4, 0.5) is 5.82 Å². The third-order valence-corrected chi connectivity index (χ3v) is 5.10. The predicted octanol–water partition coefficient (Wildman–Crippen LogP) is 4.17. The molecule has 0 unspecified atom stereocenters. The number of carbonyl (C=O) groups is 1. The van der Waals surface area contributed by atoms with Gasteiger partial charge in [0.1, 0.15) is 17.0 Å². The van der Waals surface area contributed by atoms with E-state index in [-0.39, 0.29) is 6.42 Å². The third-order valence-electron chi connectivity index (χ3n) is 4.09. The number of fused-ring (bicyclic) bond motifs is 1. The summed E-state index contributed by atoms with van der Waals surface area (Å²) in [7, 11) is 0. The number of hydrogen-bond donors (Lipinski definition) is 2. The van der Waals surface area contributed by atoms with E-state index in [4.69, 9.17) is 5.11 Å². The minimum Gasteiger partial charge on any atom is -0.481 e. The van der Waals surface area contributed by atoms with Gasteiger partial charge in [-0.3, -0.25) is 4.79 Å². The SMILES string of the molecule is Cc1ccc(-c2c(C)sc3ncnc(NCCC(=O)O)c23)cc1C. The average molecular weight is 341 g/mol. The van der Waals surface area contributed by atoms with Gasteiger partial charge >= 0.3 is 5.97 Å². The van der Waals surface area contributed by atoms with E-state index in [1.54, 1.807) is 11.3 Å². The maximum Gasteiger partial charge on any atom is 0.305 e. The van der Waals surface area contributed by atoms with Crippen molar-refractivity contribution in [3.8, 4) is 11.1 Å². The van der Waals surface area contributed by atoms with Gasteiger partial charge in [-0.25, -0.2) is 9.97 Å². The standard InChI is InChI=1S/C18H19N3O2S/c1-10-4-5-13(8-11(10)2)15-12(3)24-18-16(15)17(20-9-21-18)19-7-6-14(22)23/h4-5,8-9H,6-7H2,1-3H3,(H,22,23)(H,19,20,21). The van der Waals surface area contributed by atoms with Gasteiger partial charge in [0.05, 0.1) is 11.8 Å². The molecule has 24 heavy (non-hydrogen) atoms. The molecule has 6 heteroatoms. The first-order valence-corrected chi connectivity index (χ1v) is 8.56. The second-order valence-electron chi connectivity index (χ2n) is 5.81. The Labute approximate surface area is 144 Å². The van der Waals surface area contributed by atoms with E-state index in [2.05, 4.69) is 54.3 Å². The number of anilines is 1. The van der Waals surface area contributed by atoms with Gasteiger partial charge in [-0.1, -0.05) is 18.2 Å². The van der Waals surface area contributed by atoms with Crippen LogP contribution in [-0.4, -0.2) is 27.6 Å². The van der Waals surface area contributed by atoms with Crippen LogP contribution < -0.4 is 5.32 Å². The number of hydrogen-bond acceptors (Lipinski definition) is 5. The molecule has 0 fully saturated rings. The first kappa shape index (κ1) is 16.4. The molecule has 0 spiro atoms. The highest BCUT2D eigenvalue weighted by Crippen LogP contribution is 2.40. The Hall–Kier alpha value is -2.47. The van der Waals surface area contributed by atoms with Crippen LogP contribution in [0.5, 0.6) is 0 Å². The molecule has 2 heterocycles. The summed E-state index contributed by atoms with van der Waals surface area (Å²) in [5.41, 5.74) is 4.75. The van der Waals surface area contributed by atoms with Gasteiger partial charge < -0.3 is 10.4 Å². The summed E-state index contributed by atoms with van der Waals surface area (Å²) >= 11 is 1.63. The number of nitrogens with one attached hydrogen (secondary N) is 1. The summed E-state index contributed by atoms with van der Waals surface area (Å²) in [5.74, 6) is -0.137. The van der Waals surface area contributed by atoms with Crippen LogP contribution in [0.2, 0.25) is 0 Å². The zero-order valence-corrected chi connectivity index (χ0v) is 14.7. The van der Waals surface area contributed by atoms with Crippen LogP contribution >= 0.6 is 11.3 Å². The van der Waals surface area contributed by atoms with E-state index in [0.29, 0.717) is 12.4 Å². The van der Waals surface area contributed by atoms with Crippen LogP contribution in [0.25, 0.3) is 21.3 Å². The molecule has 124 valence electrons. The number of benzene rings is 1. The molecule has 0 bridgehead atoms. The van der Waals surface area contributed by atoms with Crippen LogP contribution in [0.3, 0.4) is 0 Å². The van der Waals surface area contributed by atoms with E-state index in [0.717, 1.165) is 21.3 Å². The molecule has 2 N–H and O–H groups in total. The van der Waals surface area contributed by atoms with Crippen LogP contribution in [-0.2, 0) is 4.79 Å². The molecule has 0 aliphatic carbocycles. The lowest BCUT2D eigenvalue weighted by Crippen LogP contribution is -2.09. The molecule has 0 aliphatic rings. The van der Waals surface area contributed by atoms with Crippen molar-refractivity contribution in [1.29, 1.82) is 0 Å². The number of nitrogens with zero attached hydrogens (tertiary/aromatic N) is 2. The Morgan fingerprint density at radius 1 is 1.21 bits per heavy atom. The van der Waals surface area contributed by atoms with Crippen molar-refractivity contribution in [1.82, 2.24) is 9.97 Å². The lowest BCUT2D eigenvalue weighted by Gasteiger charge is -2.09. The fourth-order valence-electron chi connectivity index (χ4n) is 2.71. The van der Waals surface area contributed by atoms with Gasteiger partial charge in [-0.15, -0.1) is 11.3 Å². The highest BCUT2D eigenvalue weighted by Gasteiger charge is 2.17. The topological polar surface area (TPSA) is 75.1 Å². The number of rotatable bonds is 5. The Kier molecular flexibility index (Phi) is 4.49. The number of aromatic nitrogens is 2. The van der Waals surface area contributed by atoms with Crippen molar-refractivity contribution in [2.75, 3.05) is 11.9 Å². The molecule has 0 amide bonds. The van der Waals surface area contributed by atoms with Gasteiger partial charge in [0.25, 0.3) is 0 Å². The smallest absolute Gasteiger partial charge is 0.305 e. The number of aryl methyl sites for hydroxylation is 3. The third kappa shape index (κ3) is 3.10. The maximum absolute atomic E-state index is 10.7. The van der Waals surface area contributed by atoms with Gasteiger partial charge in [0.15, 0.2) is 0 Å². The molecule has 3 aromatic rings. The van der Waals surface area contributed by atoms with Crippen LogP contribution in [0, 0.1) is 20.8 Å². The predicted molar refractivity (Wildman–Crippen MR) is 97.8 cm³/mol. The molecule has 0 saturated carbocycles. The van der Waals surface area contributed by atoms with Crippen molar-refractivity contribution in [2.45, 2.75) is 27.2 Å². The maximum atomic E-state index is 10.7. The lowest BCUT2D eigenvalue weighted by atomic mass is 9.99. The van der Waals surface area contributed by atoms with Crippen LogP contribution in [0.15, 0.2) is 24.5 Å². The first-order chi connectivity index (χ1) is 11.5. The minimum absolute atomic E-state index is 0.0492. The van der Waals surface area contributed by atoms with Crippen molar-refractivity contribution in [3.63, 3.8) is 0 Å². The highest BCUT2D eigenvalue weighted by molar-refractivity contribution is 7.19. The average Bonchev–Trinajstić information content (AvgIpc) is 2.86.